The number of hydrogen-bond donors (Lipinski definition) is 3. The van der Waals surface area contributed by atoms with E-state index in [2.05, 4.69) is 17.2 Å². The number of unbranched alkanes of at least 4 members (excludes halogenated alkanes) is 3. The number of aliphatic hydroxyl groups excluding tert-OH is 3. The molecule has 0 spiro atoms. The van der Waals surface area contributed by atoms with Crippen molar-refractivity contribution in [2.75, 3.05) is 6.61 Å². The number of rotatable bonds is 8. The van der Waals surface area contributed by atoms with Gasteiger partial charge < -0.3 is 24.8 Å². The third-order valence-corrected chi connectivity index (χ3v) is 3.68. The molecule has 2 heterocycles. The molecule has 8 heteroatoms. The van der Waals surface area contributed by atoms with Crippen LogP contribution < -0.4 is 0 Å². The van der Waals surface area contributed by atoms with Crippen molar-refractivity contribution < 1.29 is 24.8 Å². The van der Waals surface area contributed by atoms with E-state index in [1.54, 1.807) is 10.9 Å². The first kappa shape index (κ1) is 17.3. The Hall–Kier alpha value is -1.06. The molecule has 1 aromatic heterocycles. The quantitative estimate of drug-likeness (QED) is 0.571. The van der Waals surface area contributed by atoms with Crippen LogP contribution in [-0.2, 0) is 22.6 Å². The van der Waals surface area contributed by atoms with Gasteiger partial charge in [0.25, 0.3) is 0 Å². The Morgan fingerprint density at radius 1 is 1.27 bits per heavy atom. The van der Waals surface area contributed by atoms with E-state index >= 15 is 0 Å². The Morgan fingerprint density at radius 3 is 2.86 bits per heavy atom. The highest BCUT2D eigenvalue weighted by molar-refractivity contribution is 4.90. The van der Waals surface area contributed by atoms with Crippen molar-refractivity contribution >= 4 is 0 Å². The summed E-state index contributed by atoms with van der Waals surface area (Å²) >= 11 is 0. The molecule has 0 bridgehead atoms. The summed E-state index contributed by atoms with van der Waals surface area (Å²) in [5, 5.41) is 36.7. The Balaban J connectivity index is 1.74. The first-order valence-electron chi connectivity index (χ1n) is 7.78. The summed E-state index contributed by atoms with van der Waals surface area (Å²) in [6.07, 6.45) is 1.81. The molecule has 1 aliphatic rings. The SMILES string of the molecule is CCCCCCn1cc(CO[C@@H]2OC[C@@H](O)[C@H](O)[C@H]2O)nn1. The fourth-order valence-electron chi connectivity index (χ4n) is 2.31. The van der Waals surface area contributed by atoms with Crippen LogP contribution in [0, 0.1) is 0 Å². The van der Waals surface area contributed by atoms with E-state index in [0.29, 0.717) is 5.69 Å². The molecule has 126 valence electrons. The fourth-order valence-corrected chi connectivity index (χ4v) is 2.31. The molecule has 2 rings (SSSR count). The van der Waals surface area contributed by atoms with E-state index in [9.17, 15) is 15.3 Å². The molecular formula is C14H25N3O5. The third-order valence-electron chi connectivity index (χ3n) is 3.68. The van der Waals surface area contributed by atoms with E-state index < -0.39 is 24.6 Å². The Bertz CT molecular complexity index is 442. The van der Waals surface area contributed by atoms with Gasteiger partial charge in [0.2, 0.25) is 0 Å². The van der Waals surface area contributed by atoms with Crippen molar-refractivity contribution in [2.45, 2.75) is 70.4 Å². The topological polar surface area (TPSA) is 110 Å². The zero-order valence-corrected chi connectivity index (χ0v) is 12.8. The second kappa shape index (κ2) is 8.54. The molecule has 0 aromatic carbocycles. The molecule has 0 amide bonds. The summed E-state index contributed by atoms with van der Waals surface area (Å²) in [6, 6.07) is 0. The maximum absolute atomic E-state index is 9.76. The van der Waals surface area contributed by atoms with Crippen LogP contribution in [0.25, 0.3) is 0 Å². The first-order chi connectivity index (χ1) is 10.6. The van der Waals surface area contributed by atoms with Gasteiger partial charge in [0.05, 0.1) is 19.4 Å². The molecule has 0 aliphatic carbocycles. The molecule has 1 fully saturated rings. The molecule has 1 aromatic rings. The minimum absolute atomic E-state index is 0.0764. The molecule has 8 nitrogen and oxygen atoms in total. The molecule has 1 saturated heterocycles. The van der Waals surface area contributed by atoms with Crippen LogP contribution in [0.4, 0.5) is 0 Å². The lowest BCUT2D eigenvalue weighted by atomic mass is 10.1. The average molecular weight is 315 g/mol. The van der Waals surface area contributed by atoms with Crippen LogP contribution in [0.15, 0.2) is 6.20 Å². The van der Waals surface area contributed by atoms with Gasteiger partial charge in [0, 0.05) is 6.54 Å². The summed E-state index contributed by atoms with van der Waals surface area (Å²) < 4.78 is 12.3. The number of aliphatic hydroxyl groups is 3. The number of hydrogen-bond acceptors (Lipinski definition) is 7. The van der Waals surface area contributed by atoms with Crippen LogP contribution in [-0.4, -0.2) is 61.5 Å². The van der Waals surface area contributed by atoms with Gasteiger partial charge in [0.1, 0.15) is 24.0 Å². The van der Waals surface area contributed by atoms with Crippen molar-refractivity contribution in [3.05, 3.63) is 11.9 Å². The molecule has 22 heavy (non-hydrogen) atoms. The van der Waals surface area contributed by atoms with Gasteiger partial charge in [-0.25, -0.2) is 0 Å². The Kier molecular flexibility index (Phi) is 6.71. The van der Waals surface area contributed by atoms with Crippen LogP contribution in [0.2, 0.25) is 0 Å². The monoisotopic (exact) mass is 315 g/mol. The lowest BCUT2D eigenvalue weighted by Crippen LogP contribution is -2.53. The van der Waals surface area contributed by atoms with Crippen LogP contribution in [0.3, 0.4) is 0 Å². The molecule has 3 N–H and O–H groups in total. The Labute approximate surface area is 129 Å². The lowest BCUT2D eigenvalue weighted by Gasteiger charge is -2.34. The predicted octanol–water partition coefficient (Wildman–Crippen LogP) is -0.186. The maximum Gasteiger partial charge on any atom is 0.186 e. The van der Waals surface area contributed by atoms with Crippen molar-refractivity contribution in [3.8, 4) is 0 Å². The van der Waals surface area contributed by atoms with E-state index in [4.69, 9.17) is 9.47 Å². The number of aryl methyl sites for hydroxylation is 1. The molecular weight excluding hydrogens is 290 g/mol. The summed E-state index contributed by atoms with van der Waals surface area (Å²) in [7, 11) is 0. The molecule has 0 saturated carbocycles. The van der Waals surface area contributed by atoms with Crippen molar-refractivity contribution in [3.63, 3.8) is 0 Å². The van der Waals surface area contributed by atoms with Gasteiger partial charge in [-0.05, 0) is 6.42 Å². The summed E-state index contributed by atoms with van der Waals surface area (Å²) in [5.74, 6) is 0. The highest BCUT2D eigenvalue weighted by Crippen LogP contribution is 2.17. The van der Waals surface area contributed by atoms with Crippen LogP contribution in [0.5, 0.6) is 0 Å². The summed E-state index contributed by atoms with van der Waals surface area (Å²) in [6.45, 7) is 3.04. The predicted molar refractivity (Wildman–Crippen MR) is 76.7 cm³/mol. The highest BCUT2D eigenvalue weighted by atomic mass is 16.7. The van der Waals surface area contributed by atoms with Gasteiger partial charge in [-0.1, -0.05) is 31.4 Å². The van der Waals surface area contributed by atoms with E-state index in [0.717, 1.165) is 13.0 Å². The highest BCUT2D eigenvalue weighted by Gasteiger charge is 2.38. The van der Waals surface area contributed by atoms with Crippen molar-refractivity contribution in [1.82, 2.24) is 15.0 Å². The van der Waals surface area contributed by atoms with Crippen LogP contribution in [0.1, 0.15) is 38.3 Å². The minimum atomic E-state index is -1.28. The number of nitrogens with zero attached hydrogens (tertiary/aromatic N) is 3. The average Bonchev–Trinajstić information content (AvgIpc) is 2.96. The minimum Gasteiger partial charge on any atom is -0.388 e. The van der Waals surface area contributed by atoms with E-state index in [-0.39, 0.29) is 13.2 Å². The second-order valence-corrected chi connectivity index (χ2v) is 5.59. The molecule has 4 atom stereocenters. The van der Waals surface area contributed by atoms with Crippen LogP contribution >= 0.6 is 0 Å². The summed E-state index contributed by atoms with van der Waals surface area (Å²) in [4.78, 5) is 0. The second-order valence-electron chi connectivity index (χ2n) is 5.59. The normalized spacial score (nSPS) is 28.9. The summed E-state index contributed by atoms with van der Waals surface area (Å²) in [5.41, 5.74) is 0.631. The first-order valence-corrected chi connectivity index (χ1v) is 7.78. The zero-order valence-electron chi connectivity index (χ0n) is 12.8. The van der Waals surface area contributed by atoms with Gasteiger partial charge in [-0.15, -0.1) is 5.10 Å². The fraction of sp³-hybridized carbons (Fsp3) is 0.857. The van der Waals surface area contributed by atoms with E-state index in [1.165, 1.54) is 19.3 Å². The lowest BCUT2D eigenvalue weighted by molar-refractivity contribution is -0.273. The maximum atomic E-state index is 9.76. The molecule has 0 radical (unpaired) electrons. The van der Waals surface area contributed by atoms with E-state index in [1.807, 2.05) is 0 Å². The van der Waals surface area contributed by atoms with Crippen molar-refractivity contribution in [1.29, 1.82) is 0 Å². The largest absolute Gasteiger partial charge is 0.388 e. The zero-order chi connectivity index (χ0) is 15.9. The molecule has 1 aliphatic heterocycles. The molecule has 0 unspecified atom stereocenters. The standard InChI is InChI=1S/C14H25N3O5/c1-2-3-4-5-6-17-7-10(15-16-17)8-21-14-13(20)12(19)11(18)9-22-14/h7,11-14,18-20H,2-6,8-9H2,1H3/t11-,12+,13-,14-/m1/s1. The number of aromatic nitrogens is 3. The van der Waals surface area contributed by atoms with Gasteiger partial charge in [-0.2, -0.15) is 0 Å². The Morgan fingerprint density at radius 2 is 2.09 bits per heavy atom. The third kappa shape index (κ3) is 4.72. The van der Waals surface area contributed by atoms with Gasteiger partial charge in [-0.3, -0.25) is 4.68 Å². The van der Waals surface area contributed by atoms with Gasteiger partial charge in [0.15, 0.2) is 6.29 Å². The smallest absolute Gasteiger partial charge is 0.186 e. The number of ether oxygens (including phenoxy) is 2. The van der Waals surface area contributed by atoms with Gasteiger partial charge >= 0.3 is 0 Å². The van der Waals surface area contributed by atoms with Crippen molar-refractivity contribution in [2.24, 2.45) is 0 Å².